The van der Waals surface area contributed by atoms with Crippen molar-refractivity contribution in [2.45, 2.75) is 25.0 Å². The fraction of sp³-hybridized carbons (Fsp3) is 0.129. The van der Waals surface area contributed by atoms with Crippen LogP contribution in [0.25, 0.3) is 0 Å². The van der Waals surface area contributed by atoms with Crippen LogP contribution in [-0.2, 0) is 23.9 Å². The van der Waals surface area contributed by atoms with E-state index < -0.39 is 42.8 Å². The van der Waals surface area contributed by atoms with Crippen LogP contribution >= 0.6 is 0 Å². The number of carbonyl (C=O) groups is 3. The van der Waals surface area contributed by atoms with Gasteiger partial charge in [-0.1, -0.05) is 121 Å². The number of carbonyl (C=O) groups excluding carboxylic acids is 3. The monoisotopic (exact) mass is 478 g/mol. The highest BCUT2D eigenvalue weighted by atomic mass is 16.5. The first-order valence-electron chi connectivity index (χ1n) is 11.7. The lowest BCUT2D eigenvalue weighted by Crippen LogP contribution is -2.20. The summed E-state index contributed by atoms with van der Waals surface area (Å²) in [5.41, 5.74) is 3.16. The molecule has 0 spiro atoms. The van der Waals surface area contributed by atoms with Crippen molar-refractivity contribution in [1.29, 1.82) is 0 Å². The molecule has 4 rings (SSSR count). The van der Waals surface area contributed by atoms with E-state index in [0.717, 1.165) is 22.3 Å². The van der Waals surface area contributed by atoms with Crippen LogP contribution in [-0.4, -0.2) is 17.7 Å². The van der Waals surface area contributed by atoms with Crippen LogP contribution in [0, 0.1) is 0 Å². The molecule has 0 saturated carbocycles. The van der Waals surface area contributed by atoms with Gasteiger partial charge in [0, 0.05) is 0 Å². The Morgan fingerprint density at radius 1 is 0.444 bits per heavy atom. The first-order chi connectivity index (χ1) is 17.6. The number of Topliss-reactive ketones (excluding diaryl/α,β-unsaturated/α-hetero) is 1. The number of hydrogen-bond acceptors (Lipinski definition) is 5. The Balaban J connectivity index is 1.39. The highest BCUT2D eigenvalue weighted by Crippen LogP contribution is 2.28. The smallest absolute Gasteiger partial charge is 0.314 e. The minimum absolute atomic E-state index is 0.521. The van der Waals surface area contributed by atoms with E-state index in [4.69, 9.17) is 9.47 Å². The lowest BCUT2D eigenvalue weighted by atomic mass is 10.0. The van der Waals surface area contributed by atoms with Crippen LogP contribution in [0.15, 0.2) is 121 Å². The second-order valence-corrected chi connectivity index (χ2v) is 8.27. The Hall–Kier alpha value is -4.51. The molecule has 0 aliphatic carbocycles. The maximum Gasteiger partial charge on any atom is 0.314 e. The number of hydrogen-bond donors (Lipinski definition) is 0. The molecular weight excluding hydrogens is 452 g/mol. The molecule has 0 aliphatic heterocycles. The lowest BCUT2D eigenvalue weighted by Gasteiger charge is -2.19. The molecular formula is C31H26O5. The normalized spacial score (nSPS) is 10.7. The molecule has 0 amide bonds. The summed E-state index contributed by atoms with van der Waals surface area (Å²) >= 11 is 0. The second kappa shape index (κ2) is 12.3. The van der Waals surface area contributed by atoms with Crippen molar-refractivity contribution in [3.05, 3.63) is 144 Å². The lowest BCUT2D eigenvalue weighted by molar-refractivity contribution is -0.152. The quantitative estimate of drug-likeness (QED) is 0.206. The SMILES string of the molecule is O=C(CC(=O)OC(c1ccccc1)c1ccccc1)CC(=O)OC(c1ccccc1)c1ccccc1. The van der Waals surface area contributed by atoms with Gasteiger partial charge in [0.25, 0.3) is 0 Å². The molecule has 0 aromatic heterocycles. The molecule has 5 nitrogen and oxygen atoms in total. The zero-order chi connectivity index (χ0) is 25.2. The molecule has 5 heteroatoms. The van der Waals surface area contributed by atoms with E-state index in [1.165, 1.54) is 0 Å². The van der Waals surface area contributed by atoms with Gasteiger partial charge < -0.3 is 9.47 Å². The largest absolute Gasteiger partial charge is 0.452 e. The standard InChI is InChI=1S/C31H26O5/c32-27(21-28(33)35-30(23-13-5-1-6-14-23)24-15-7-2-8-16-24)22-29(34)36-31(25-17-9-3-10-18-25)26-19-11-4-12-20-26/h1-20,30-31H,21-22H2. The van der Waals surface area contributed by atoms with Gasteiger partial charge in [0.05, 0.1) is 0 Å². The van der Waals surface area contributed by atoms with Gasteiger partial charge >= 0.3 is 11.9 Å². The molecule has 180 valence electrons. The van der Waals surface area contributed by atoms with E-state index in [9.17, 15) is 14.4 Å². The van der Waals surface area contributed by atoms with Gasteiger partial charge in [-0.15, -0.1) is 0 Å². The summed E-state index contributed by atoms with van der Waals surface area (Å²) in [4.78, 5) is 37.9. The van der Waals surface area contributed by atoms with Gasteiger partial charge in [-0.25, -0.2) is 0 Å². The van der Waals surface area contributed by atoms with Gasteiger partial charge in [-0.05, 0) is 22.3 Å². The van der Waals surface area contributed by atoms with Crippen molar-refractivity contribution in [3.8, 4) is 0 Å². The average molecular weight is 479 g/mol. The van der Waals surface area contributed by atoms with Gasteiger partial charge in [-0.2, -0.15) is 0 Å². The first kappa shape index (κ1) is 24.6. The summed E-state index contributed by atoms with van der Waals surface area (Å²) < 4.78 is 11.4. The minimum Gasteiger partial charge on any atom is -0.452 e. The van der Waals surface area contributed by atoms with E-state index in [0.29, 0.717) is 0 Å². The average Bonchev–Trinajstić information content (AvgIpc) is 2.92. The summed E-state index contributed by atoms with van der Waals surface area (Å²) in [5.74, 6) is -1.97. The molecule has 4 aromatic carbocycles. The van der Waals surface area contributed by atoms with Crippen LogP contribution in [0.5, 0.6) is 0 Å². The van der Waals surface area contributed by atoms with Gasteiger partial charge in [0.2, 0.25) is 0 Å². The Labute approximate surface area is 210 Å². The van der Waals surface area contributed by atoms with E-state index in [-0.39, 0.29) is 0 Å². The third-order valence-electron chi connectivity index (χ3n) is 5.59. The number of ether oxygens (including phenoxy) is 2. The van der Waals surface area contributed by atoms with Gasteiger partial charge in [0.15, 0.2) is 18.0 Å². The molecule has 0 heterocycles. The molecule has 0 aliphatic rings. The maximum absolute atomic E-state index is 12.7. The van der Waals surface area contributed by atoms with Crippen molar-refractivity contribution >= 4 is 17.7 Å². The molecule has 0 atom stereocenters. The van der Waals surface area contributed by atoms with Crippen LogP contribution in [0.4, 0.5) is 0 Å². The van der Waals surface area contributed by atoms with E-state index in [1.54, 1.807) is 0 Å². The van der Waals surface area contributed by atoms with Crippen molar-refractivity contribution < 1.29 is 23.9 Å². The van der Waals surface area contributed by atoms with Crippen molar-refractivity contribution in [2.75, 3.05) is 0 Å². The summed E-state index contributed by atoms with van der Waals surface area (Å²) in [5, 5.41) is 0. The molecule has 0 bridgehead atoms. The molecule has 0 fully saturated rings. The molecule has 0 N–H and O–H groups in total. The zero-order valence-electron chi connectivity index (χ0n) is 19.7. The third-order valence-corrected chi connectivity index (χ3v) is 5.59. The third kappa shape index (κ3) is 6.76. The topological polar surface area (TPSA) is 69.7 Å². The van der Waals surface area contributed by atoms with E-state index in [1.807, 2.05) is 121 Å². The summed E-state index contributed by atoms with van der Waals surface area (Å²) in [6.45, 7) is 0. The predicted molar refractivity (Wildman–Crippen MR) is 136 cm³/mol. The van der Waals surface area contributed by atoms with Gasteiger partial charge in [-0.3, -0.25) is 14.4 Å². The molecule has 0 unspecified atom stereocenters. The van der Waals surface area contributed by atoms with E-state index in [2.05, 4.69) is 0 Å². The van der Waals surface area contributed by atoms with Crippen LogP contribution in [0.3, 0.4) is 0 Å². The van der Waals surface area contributed by atoms with Crippen molar-refractivity contribution in [2.24, 2.45) is 0 Å². The Bertz CT molecular complexity index is 1090. The van der Waals surface area contributed by atoms with Crippen LogP contribution < -0.4 is 0 Å². The summed E-state index contributed by atoms with van der Waals surface area (Å²) in [6.07, 6.45) is -2.35. The van der Waals surface area contributed by atoms with E-state index >= 15 is 0 Å². The molecule has 4 aromatic rings. The number of rotatable bonds is 10. The zero-order valence-corrected chi connectivity index (χ0v) is 19.7. The highest BCUT2D eigenvalue weighted by molar-refractivity contribution is 6.03. The van der Waals surface area contributed by atoms with Gasteiger partial charge in [0.1, 0.15) is 12.8 Å². The summed E-state index contributed by atoms with van der Waals surface area (Å²) in [7, 11) is 0. The fourth-order valence-electron chi connectivity index (χ4n) is 3.90. The summed E-state index contributed by atoms with van der Waals surface area (Å²) in [6, 6.07) is 37.2. The Kier molecular flexibility index (Phi) is 8.39. The highest BCUT2D eigenvalue weighted by Gasteiger charge is 2.24. The predicted octanol–water partition coefficient (Wildman–Crippen LogP) is 6.00. The first-order valence-corrected chi connectivity index (χ1v) is 11.7. The molecule has 36 heavy (non-hydrogen) atoms. The Morgan fingerprint density at radius 3 is 0.944 bits per heavy atom. The number of benzene rings is 4. The molecule has 0 radical (unpaired) electrons. The fourth-order valence-corrected chi connectivity index (χ4v) is 3.90. The number of ketones is 1. The Morgan fingerprint density at radius 2 is 0.694 bits per heavy atom. The van der Waals surface area contributed by atoms with Crippen LogP contribution in [0.2, 0.25) is 0 Å². The maximum atomic E-state index is 12.7. The van der Waals surface area contributed by atoms with Crippen LogP contribution in [0.1, 0.15) is 47.3 Å². The van der Waals surface area contributed by atoms with Crippen molar-refractivity contribution in [3.63, 3.8) is 0 Å². The second-order valence-electron chi connectivity index (χ2n) is 8.27. The minimum atomic E-state index is -0.701. The van der Waals surface area contributed by atoms with Crippen molar-refractivity contribution in [1.82, 2.24) is 0 Å². The number of esters is 2. The molecule has 0 saturated heterocycles.